The minimum absolute atomic E-state index is 0.184. The van der Waals surface area contributed by atoms with E-state index < -0.39 is 0 Å². The molecule has 7 heteroatoms. The monoisotopic (exact) mass is 372 g/mol. The highest BCUT2D eigenvalue weighted by molar-refractivity contribution is 5.22. The number of tetrazole rings is 1. The van der Waals surface area contributed by atoms with Crippen molar-refractivity contribution >= 4 is 0 Å². The molecule has 2 aromatic rings. The molecule has 0 radical (unpaired) electrons. The van der Waals surface area contributed by atoms with Gasteiger partial charge in [-0.05, 0) is 36.1 Å². The molecule has 1 saturated heterocycles. The van der Waals surface area contributed by atoms with E-state index in [1.54, 1.807) is 12.0 Å². The molecule has 1 atom stereocenters. The molecule has 7 nitrogen and oxygen atoms in total. The Morgan fingerprint density at radius 1 is 1.11 bits per heavy atom. The van der Waals surface area contributed by atoms with Gasteiger partial charge in [0.1, 0.15) is 26.2 Å². The molecular formula is C20H32N6O+2. The molecule has 1 aliphatic carbocycles. The SMILES string of the molecule is COCCn1nnnc1[C@H](c1ccccc1)[NH+]1CC[NH+](C2CCCC2)CC1. The average molecular weight is 373 g/mol. The van der Waals surface area contributed by atoms with E-state index in [-0.39, 0.29) is 6.04 Å². The quantitative estimate of drug-likeness (QED) is 0.664. The van der Waals surface area contributed by atoms with Crippen LogP contribution < -0.4 is 9.80 Å². The summed E-state index contributed by atoms with van der Waals surface area (Å²) in [4.78, 5) is 3.40. The molecule has 27 heavy (non-hydrogen) atoms. The number of benzene rings is 1. The van der Waals surface area contributed by atoms with Crippen LogP contribution in [0.25, 0.3) is 0 Å². The first-order chi connectivity index (χ1) is 13.4. The standard InChI is InChI=1S/C20H30N6O/c1-27-16-15-26-20(21-22-23-26)19(17-7-3-2-4-8-17)25-13-11-24(12-14-25)18-9-5-6-10-18/h2-4,7-8,18-19H,5-6,9-16H2,1H3/p+2/t19-/m0/s1. The molecule has 0 amide bonds. The summed E-state index contributed by atoms with van der Waals surface area (Å²) in [6.07, 6.45) is 5.68. The Morgan fingerprint density at radius 2 is 1.85 bits per heavy atom. The van der Waals surface area contributed by atoms with Crippen LogP contribution in [-0.4, -0.2) is 66.1 Å². The van der Waals surface area contributed by atoms with E-state index in [2.05, 4.69) is 45.9 Å². The fraction of sp³-hybridized carbons (Fsp3) is 0.650. The predicted octanol–water partition coefficient (Wildman–Crippen LogP) is -0.865. The van der Waals surface area contributed by atoms with E-state index >= 15 is 0 Å². The highest BCUT2D eigenvalue weighted by Crippen LogP contribution is 2.17. The lowest BCUT2D eigenvalue weighted by Gasteiger charge is -2.36. The van der Waals surface area contributed by atoms with E-state index in [9.17, 15) is 0 Å². The number of methoxy groups -OCH3 is 1. The summed E-state index contributed by atoms with van der Waals surface area (Å²) < 4.78 is 7.17. The molecular weight excluding hydrogens is 340 g/mol. The van der Waals surface area contributed by atoms with Gasteiger partial charge in [-0.2, -0.15) is 0 Å². The van der Waals surface area contributed by atoms with Crippen LogP contribution in [0.4, 0.5) is 0 Å². The zero-order valence-electron chi connectivity index (χ0n) is 16.3. The first-order valence-corrected chi connectivity index (χ1v) is 10.4. The molecule has 0 spiro atoms. The summed E-state index contributed by atoms with van der Waals surface area (Å²) in [5.74, 6) is 0.956. The first kappa shape index (κ1) is 18.5. The van der Waals surface area contributed by atoms with Crippen molar-refractivity contribution in [1.82, 2.24) is 20.2 Å². The van der Waals surface area contributed by atoms with Crippen molar-refractivity contribution in [2.45, 2.75) is 44.3 Å². The predicted molar refractivity (Wildman–Crippen MR) is 102 cm³/mol. The van der Waals surface area contributed by atoms with Gasteiger partial charge in [0.2, 0.25) is 5.82 Å². The molecule has 2 heterocycles. The third-order valence-electron chi connectivity index (χ3n) is 6.33. The van der Waals surface area contributed by atoms with Gasteiger partial charge in [-0.3, -0.25) is 0 Å². The van der Waals surface area contributed by atoms with Crippen molar-refractivity contribution in [3.63, 3.8) is 0 Å². The minimum atomic E-state index is 0.184. The summed E-state index contributed by atoms with van der Waals surface area (Å²) in [5.41, 5.74) is 1.30. The van der Waals surface area contributed by atoms with Crippen LogP contribution in [0.2, 0.25) is 0 Å². The van der Waals surface area contributed by atoms with Gasteiger partial charge in [-0.1, -0.05) is 30.3 Å². The fourth-order valence-corrected chi connectivity index (χ4v) is 4.89. The second-order valence-electron chi connectivity index (χ2n) is 7.89. The second kappa shape index (κ2) is 8.91. The molecule has 2 N–H and O–H groups in total. The Kier molecular flexibility index (Phi) is 6.11. The number of rotatable bonds is 7. The molecule has 1 aromatic carbocycles. The summed E-state index contributed by atoms with van der Waals surface area (Å²) >= 11 is 0. The van der Waals surface area contributed by atoms with Gasteiger partial charge in [0.05, 0.1) is 19.2 Å². The molecule has 4 rings (SSSR count). The van der Waals surface area contributed by atoms with Gasteiger partial charge < -0.3 is 14.5 Å². The smallest absolute Gasteiger partial charge is 0.214 e. The van der Waals surface area contributed by atoms with E-state index in [4.69, 9.17) is 4.74 Å². The number of nitrogens with one attached hydrogen (secondary N) is 2. The van der Waals surface area contributed by atoms with Crippen molar-refractivity contribution in [3.8, 4) is 0 Å². The maximum Gasteiger partial charge on any atom is 0.214 e. The Bertz CT molecular complexity index is 692. The molecule has 0 bridgehead atoms. The zero-order chi connectivity index (χ0) is 18.5. The average Bonchev–Trinajstić information content (AvgIpc) is 3.41. The molecule has 1 aliphatic heterocycles. The Labute approximate surface area is 161 Å². The van der Waals surface area contributed by atoms with Crippen molar-refractivity contribution in [1.29, 1.82) is 0 Å². The third kappa shape index (κ3) is 4.20. The third-order valence-corrected chi connectivity index (χ3v) is 6.33. The molecule has 0 unspecified atom stereocenters. The van der Waals surface area contributed by atoms with Crippen LogP contribution in [-0.2, 0) is 11.3 Å². The number of aromatic nitrogens is 4. The van der Waals surface area contributed by atoms with Gasteiger partial charge in [0.25, 0.3) is 0 Å². The summed E-state index contributed by atoms with van der Waals surface area (Å²) in [6.45, 7) is 6.15. The van der Waals surface area contributed by atoms with Gasteiger partial charge >= 0.3 is 0 Å². The van der Waals surface area contributed by atoms with Crippen LogP contribution >= 0.6 is 0 Å². The lowest BCUT2D eigenvalue weighted by atomic mass is 10.0. The van der Waals surface area contributed by atoms with Gasteiger partial charge in [-0.25, -0.2) is 4.68 Å². The topological polar surface area (TPSA) is 61.7 Å². The molecule has 2 aliphatic rings. The lowest BCUT2D eigenvalue weighted by molar-refractivity contribution is -1.03. The number of hydrogen-bond donors (Lipinski definition) is 2. The number of hydrogen-bond acceptors (Lipinski definition) is 4. The maximum atomic E-state index is 5.25. The van der Waals surface area contributed by atoms with Crippen LogP contribution in [0.3, 0.4) is 0 Å². The number of ether oxygens (including phenoxy) is 1. The Morgan fingerprint density at radius 3 is 2.56 bits per heavy atom. The van der Waals surface area contributed by atoms with E-state index in [1.807, 2.05) is 9.58 Å². The van der Waals surface area contributed by atoms with Crippen molar-refractivity contribution in [3.05, 3.63) is 41.7 Å². The van der Waals surface area contributed by atoms with Crippen LogP contribution in [0, 0.1) is 0 Å². The summed E-state index contributed by atoms with van der Waals surface area (Å²) in [5, 5.41) is 12.6. The number of nitrogens with zero attached hydrogens (tertiary/aromatic N) is 4. The van der Waals surface area contributed by atoms with Crippen LogP contribution in [0.5, 0.6) is 0 Å². The van der Waals surface area contributed by atoms with E-state index in [0.29, 0.717) is 13.2 Å². The number of piperazine rings is 1. The summed E-state index contributed by atoms with van der Waals surface area (Å²) in [7, 11) is 1.72. The van der Waals surface area contributed by atoms with Crippen molar-refractivity contribution in [2.24, 2.45) is 0 Å². The molecule has 2 fully saturated rings. The first-order valence-electron chi connectivity index (χ1n) is 10.4. The van der Waals surface area contributed by atoms with E-state index in [1.165, 1.54) is 57.4 Å². The molecule has 146 valence electrons. The van der Waals surface area contributed by atoms with Crippen LogP contribution in [0.15, 0.2) is 30.3 Å². The minimum Gasteiger partial charge on any atom is -0.383 e. The zero-order valence-corrected chi connectivity index (χ0v) is 16.3. The lowest BCUT2D eigenvalue weighted by Crippen LogP contribution is -3.29. The highest BCUT2D eigenvalue weighted by Gasteiger charge is 2.37. The molecule has 1 aromatic heterocycles. The number of quaternary nitrogens is 2. The van der Waals surface area contributed by atoms with Crippen LogP contribution in [0.1, 0.15) is 43.1 Å². The van der Waals surface area contributed by atoms with E-state index in [0.717, 1.165) is 11.9 Å². The Hall–Kier alpha value is -1.83. The van der Waals surface area contributed by atoms with Gasteiger partial charge in [-0.15, -0.1) is 5.10 Å². The summed E-state index contributed by atoms with van der Waals surface area (Å²) in [6, 6.07) is 11.8. The second-order valence-corrected chi connectivity index (χ2v) is 7.89. The fourth-order valence-electron chi connectivity index (χ4n) is 4.89. The largest absolute Gasteiger partial charge is 0.383 e. The maximum absolute atomic E-state index is 5.25. The Balaban J connectivity index is 1.54. The van der Waals surface area contributed by atoms with Crippen molar-refractivity contribution in [2.75, 3.05) is 39.9 Å². The van der Waals surface area contributed by atoms with Crippen molar-refractivity contribution < 1.29 is 14.5 Å². The normalized spacial score (nSPS) is 24.9. The molecule has 1 saturated carbocycles. The highest BCUT2D eigenvalue weighted by atomic mass is 16.5. The van der Waals surface area contributed by atoms with Gasteiger partial charge in [0.15, 0.2) is 6.04 Å². The van der Waals surface area contributed by atoms with Gasteiger partial charge in [0, 0.05) is 12.7 Å².